The number of amides is 3. The van der Waals surface area contributed by atoms with Crippen molar-refractivity contribution in [3.63, 3.8) is 0 Å². The summed E-state index contributed by atoms with van der Waals surface area (Å²) < 4.78 is 38.2. The van der Waals surface area contributed by atoms with Gasteiger partial charge in [0, 0.05) is 31.5 Å². The van der Waals surface area contributed by atoms with Crippen molar-refractivity contribution < 1.29 is 27.6 Å². The average molecular weight is 394 g/mol. The van der Waals surface area contributed by atoms with E-state index in [1.807, 2.05) is 0 Å². The maximum Gasteiger partial charge on any atom is 0.416 e. The molecule has 10 heteroatoms. The lowest BCUT2D eigenvalue weighted by atomic mass is 10.00. The van der Waals surface area contributed by atoms with Gasteiger partial charge in [0.05, 0.1) is 11.1 Å². The lowest BCUT2D eigenvalue weighted by Crippen LogP contribution is -2.49. The van der Waals surface area contributed by atoms with Crippen molar-refractivity contribution in [3.05, 3.63) is 53.9 Å². The van der Waals surface area contributed by atoms with Gasteiger partial charge in [0.25, 0.3) is 5.91 Å². The molecule has 0 aliphatic rings. The van der Waals surface area contributed by atoms with E-state index in [0.29, 0.717) is 17.5 Å². The first kappa shape index (κ1) is 20.9. The molecular formula is C18H17F3N4O3. The maximum atomic E-state index is 12.7. The third kappa shape index (κ3) is 5.06. The normalized spacial score (nSPS) is 12.0. The van der Waals surface area contributed by atoms with E-state index < -0.39 is 29.6 Å². The van der Waals surface area contributed by atoms with Crippen LogP contribution in [0.4, 0.5) is 13.2 Å². The van der Waals surface area contributed by atoms with E-state index in [0.717, 1.165) is 12.1 Å². The maximum absolute atomic E-state index is 12.7. The minimum absolute atomic E-state index is 0.163. The van der Waals surface area contributed by atoms with Gasteiger partial charge < -0.3 is 16.0 Å². The van der Waals surface area contributed by atoms with Gasteiger partial charge in [-0.3, -0.25) is 19.4 Å². The quantitative estimate of drug-likeness (QED) is 0.618. The zero-order valence-corrected chi connectivity index (χ0v) is 14.7. The molecule has 0 aliphatic heterocycles. The Labute approximate surface area is 158 Å². The van der Waals surface area contributed by atoms with Gasteiger partial charge in [-0.05, 0) is 23.8 Å². The van der Waals surface area contributed by atoms with Crippen LogP contribution in [-0.2, 0) is 15.8 Å². The number of nitrogens with zero attached hydrogens (tertiary/aromatic N) is 1. The van der Waals surface area contributed by atoms with E-state index in [9.17, 15) is 27.6 Å². The molecule has 0 saturated heterocycles. The fraction of sp³-hybridized carbons (Fsp3) is 0.222. The van der Waals surface area contributed by atoms with Gasteiger partial charge in [0.1, 0.15) is 6.04 Å². The van der Waals surface area contributed by atoms with E-state index in [2.05, 4.69) is 20.9 Å². The number of nitrogens with one attached hydrogen (secondary N) is 3. The number of alkyl halides is 3. The van der Waals surface area contributed by atoms with E-state index in [-0.39, 0.29) is 12.1 Å². The van der Waals surface area contributed by atoms with Crippen molar-refractivity contribution in [3.8, 4) is 11.1 Å². The van der Waals surface area contributed by atoms with E-state index in [1.165, 1.54) is 37.6 Å². The lowest BCUT2D eigenvalue weighted by molar-refractivity contribution is -0.137. The van der Waals surface area contributed by atoms with Gasteiger partial charge >= 0.3 is 6.18 Å². The number of carbonyl (C=O) groups excluding carboxylic acids is 3. The topological polar surface area (TPSA) is 100 Å². The van der Waals surface area contributed by atoms with Gasteiger partial charge in [-0.15, -0.1) is 0 Å². The molecule has 0 radical (unpaired) electrons. The Balaban J connectivity index is 2.22. The van der Waals surface area contributed by atoms with Crippen molar-refractivity contribution in [2.24, 2.45) is 0 Å². The molecule has 1 aromatic carbocycles. The van der Waals surface area contributed by atoms with Crippen molar-refractivity contribution in [1.82, 2.24) is 20.9 Å². The van der Waals surface area contributed by atoms with Crippen LogP contribution in [0.1, 0.15) is 15.9 Å². The second-order valence-electron chi connectivity index (χ2n) is 5.66. The Morgan fingerprint density at radius 2 is 1.86 bits per heavy atom. The summed E-state index contributed by atoms with van der Waals surface area (Å²) in [5.74, 6) is -1.07. The zero-order valence-electron chi connectivity index (χ0n) is 14.7. The van der Waals surface area contributed by atoms with Crippen LogP contribution in [-0.4, -0.2) is 42.8 Å². The molecule has 2 aromatic rings. The monoisotopic (exact) mass is 394 g/mol. The minimum Gasteiger partial charge on any atom is -0.357 e. The zero-order chi connectivity index (χ0) is 20.7. The molecule has 3 N–H and O–H groups in total. The molecule has 0 aliphatic carbocycles. The smallest absolute Gasteiger partial charge is 0.357 e. The highest BCUT2D eigenvalue weighted by Crippen LogP contribution is 2.31. The number of aromatic nitrogens is 1. The molecule has 0 spiro atoms. The molecule has 1 atom stereocenters. The average Bonchev–Trinajstić information content (AvgIpc) is 2.69. The highest BCUT2D eigenvalue weighted by molar-refractivity contribution is 6.01. The van der Waals surface area contributed by atoms with Crippen LogP contribution in [0.3, 0.4) is 0 Å². The Kier molecular flexibility index (Phi) is 6.69. The Morgan fingerprint density at radius 3 is 2.43 bits per heavy atom. The first-order valence-electron chi connectivity index (χ1n) is 8.09. The summed E-state index contributed by atoms with van der Waals surface area (Å²) >= 11 is 0. The van der Waals surface area contributed by atoms with Crippen molar-refractivity contribution in [2.75, 3.05) is 13.6 Å². The summed E-state index contributed by atoms with van der Waals surface area (Å²) in [5.41, 5.74) is 0.0599. The molecule has 7 nitrogen and oxygen atoms in total. The highest BCUT2D eigenvalue weighted by Gasteiger charge is 2.30. The van der Waals surface area contributed by atoms with Crippen LogP contribution in [0.2, 0.25) is 0 Å². The largest absolute Gasteiger partial charge is 0.416 e. The van der Waals surface area contributed by atoms with Crippen LogP contribution in [0.5, 0.6) is 0 Å². The number of pyridine rings is 1. The molecule has 2 rings (SSSR count). The van der Waals surface area contributed by atoms with E-state index in [1.54, 1.807) is 0 Å². The van der Waals surface area contributed by atoms with Crippen LogP contribution >= 0.6 is 0 Å². The predicted octanol–water partition coefficient (Wildman–Crippen LogP) is 1.36. The number of hydrogen-bond donors (Lipinski definition) is 3. The molecule has 28 heavy (non-hydrogen) atoms. The number of rotatable bonds is 7. The number of likely N-dealkylation sites (N-methyl/N-ethyl adjacent to an activating group) is 1. The summed E-state index contributed by atoms with van der Waals surface area (Å²) in [6.45, 7) is -0.175. The number of carbonyl (C=O) groups is 3. The number of benzene rings is 1. The van der Waals surface area contributed by atoms with Crippen molar-refractivity contribution in [2.45, 2.75) is 12.2 Å². The predicted molar refractivity (Wildman–Crippen MR) is 94.1 cm³/mol. The lowest BCUT2D eigenvalue weighted by Gasteiger charge is -2.16. The first-order chi connectivity index (χ1) is 13.3. The summed E-state index contributed by atoms with van der Waals surface area (Å²) in [7, 11) is 1.38. The molecule has 0 bridgehead atoms. The minimum atomic E-state index is -4.46. The highest BCUT2D eigenvalue weighted by atomic mass is 19.4. The SMILES string of the molecule is CNC(=O)C(CNC(=O)c1ccncc1-c1ccc(C(F)(F)F)cc1)NC=O. The van der Waals surface area contributed by atoms with Gasteiger partial charge in [0.15, 0.2) is 0 Å². The fourth-order valence-electron chi connectivity index (χ4n) is 2.43. The molecule has 0 fully saturated rings. The molecule has 1 unspecified atom stereocenters. The summed E-state index contributed by atoms with van der Waals surface area (Å²) in [6.07, 6.45) is -1.40. The van der Waals surface area contributed by atoms with Crippen LogP contribution in [0.15, 0.2) is 42.7 Å². The summed E-state index contributed by atoms with van der Waals surface area (Å²) in [6, 6.07) is 4.77. The molecule has 148 valence electrons. The van der Waals surface area contributed by atoms with Gasteiger partial charge in [-0.2, -0.15) is 13.2 Å². The molecular weight excluding hydrogens is 377 g/mol. The first-order valence-corrected chi connectivity index (χ1v) is 8.09. The van der Waals surface area contributed by atoms with Crippen molar-refractivity contribution >= 4 is 18.2 Å². The Bertz CT molecular complexity index is 854. The second kappa shape index (κ2) is 8.98. The van der Waals surface area contributed by atoms with Crippen molar-refractivity contribution in [1.29, 1.82) is 0 Å². The molecule has 1 heterocycles. The number of halogens is 3. The summed E-state index contributed by atoms with van der Waals surface area (Å²) in [5, 5.41) is 7.15. The van der Waals surface area contributed by atoms with Gasteiger partial charge in [-0.25, -0.2) is 0 Å². The standard InChI is InChI=1S/C18H17F3N4O3/c1-22-17(28)15(25-10-26)9-24-16(27)13-6-7-23-8-14(13)11-2-4-12(5-3-11)18(19,20)21/h2-8,10,15H,9H2,1H3,(H,22,28)(H,24,27)(H,25,26). The van der Waals surface area contributed by atoms with Gasteiger partial charge in [0.2, 0.25) is 12.3 Å². The second-order valence-corrected chi connectivity index (χ2v) is 5.66. The number of hydrogen-bond acceptors (Lipinski definition) is 4. The molecule has 3 amide bonds. The van der Waals surface area contributed by atoms with E-state index >= 15 is 0 Å². The summed E-state index contributed by atoms with van der Waals surface area (Å²) in [4.78, 5) is 38.7. The third-order valence-electron chi connectivity index (χ3n) is 3.89. The van der Waals surface area contributed by atoms with Crippen LogP contribution < -0.4 is 16.0 Å². The van der Waals surface area contributed by atoms with Gasteiger partial charge in [-0.1, -0.05) is 12.1 Å². The molecule has 0 saturated carbocycles. The Morgan fingerprint density at radius 1 is 1.18 bits per heavy atom. The fourth-order valence-corrected chi connectivity index (χ4v) is 2.43. The Hall–Kier alpha value is -3.43. The van der Waals surface area contributed by atoms with Crippen LogP contribution in [0, 0.1) is 0 Å². The van der Waals surface area contributed by atoms with E-state index in [4.69, 9.17) is 0 Å². The molecule has 1 aromatic heterocycles. The van der Waals surface area contributed by atoms with Crippen LogP contribution in [0.25, 0.3) is 11.1 Å². The third-order valence-corrected chi connectivity index (χ3v) is 3.89.